The second-order valence-corrected chi connectivity index (χ2v) is 2.69. The van der Waals surface area contributed by atoms with Gasteiger partial charge in [-0.2, -0.15) is 0 Å². The number of nitrogens with one attached hydrogen (secondary N) is 1. The van der Waals surface area contributed by atoms with Gasteiger partial charge in [0, 0.05) is 19.6 Å². The molecule has 2 nitrogen and oxygen atoms in total. The summed E-state index contributed by atoms with van der Waals surface area (Å²) in [6.45, 7) is 5.64. The summed E-state index contributed by atoms with van der Waals surface area (Å²) in [6.07, 6.45) is 0. The van der Waals surface area contributed by atoms with Crippen molar-refractivity contribution in [2.45, 2.75) is 19.9 Å². The summed E-state index contributed by atoms with van der Waals surface area (Å²) in [4.78, 5) is 0. The van der Waals surface area contributed by atoms with Crippen LogP contribution in [-0.4, -0.2) is 24.6 Å². The Balaban J connectivity index is 2.44. The molecule has 0 spiro atoms. The largest absolute Gasteiger partial charge is 0.255 e. The van der Waals surface area contributed by atoms with Gasteiger partial charge in [0.05, 0.1) is 0 Å². The first-order valence-electron chi connectivity index (χ1n) is 3.18. The number of hydrazine groups is 1. The van der Waals surface area contributed by atoms with Crippen LogP contribution in [0.3, 0.4) is 0 Å². The minimum atomic E-state index is 0.704. The lowest BCUT2D eigenvalue weighted by atomic mass is 10.1. The first kappa shape index (κ1) is 6.05. The smallest absolute Gasteiger partial charge is 0.0250 e. The first-order chi connectivity index (χ1) is 3.72. The van der Waals surface area contributed by atoms with E-state index < -0.39 is 0 Å². The van der Waals surface area contributed by atoms with E-state index in [4.69, 9.17) is 0 Å². The first-order valence-corrected chi connectivity index (χ1v) is 3.18. The molecule has 1 heterocycles. The van der Waals surface area contributed by atoms with Gasteiger partial charge in [0.15, 0.2) is 0 Å². The number of hydrogen-bond acceptors (Lipinski definition) is 2. The van der Waals surface area contributed by atoms with Gasteiger partial charge in [-0.15, -0.1) is 0 Å². The molecule has 1 N–H and O–H groups in total. The molecule has 1 fully saturated rings. The predicted octanol–water partition coefficient (Wildman–Crippen LogP) is 0.461. The predicted molar refractivity (Wildman–Crippen MR) is 34.4 cm³/mol. The molecule has 0 bridgehead atoms. The van der Waals surface area contributed by atoms with E-state index in [0.717, 1.165) is 12.5 Å². The van der Waals surface area contributed by atoms with Crippen LogP contribution in [0.2, 0.25) is 0 Å². The molecule has 0 aliphatic carbocycles. The van der Waals surface area contributed by atoms with Crippen molar-refractivity contribution < 1.29 is 0 Å². The fourth-order valence-electron chi connectivity index (χ4n) is 0.984. The quantitative estimate of drug-likeness (QED) is 0.492. The topological polar surface area (TPSA) is 15.3 Å². The molecule has 1 aliphatic rings. The van der Waals surface area contributed by atoms with E-state index >= 15 is 0 Å². The Bertz CT molecular complexity index is 72.6. The third-order valence-corrected chi connectivity index (χ3v) is 2.10. The highest BCUT2D eigenvalue weighted by Crippen LogP contribution is 2.11. The molecule has 8 heavy (non-hydrogen) atoms. The summed E-state index contributed by atoms with van der Waals surface area (Å²) in [5.41, 5.74) is 3.25. The average molecular weight is 114 g/mol. The van der Waals surface area contributed by atoms with Crippen LogP contribution in [0.25, 0.3) is 0 Å². The van der Waals surface area contributed by atoms with Crippen LogP contribution in [0.4, 0.5) is 0 Å². The van der Waals surface area contributed by atoms with E-state index in [1.807, 2.05) is 0 Å². The molecule has 0 radical (unpaired) electrons. The summed E-state index contributed by atoms with van der Waals surface area (Å²) < 4.78 is 0. The molecule has 1 aliphatic heterocycles. The van der Waals surface area contributed by atoms with E-state index in [9.17, 15) is 0 Å². The molecule has 1 saturated heterocycles. The van der Waals surface area contributed by atoms with Crippen LogP contribution < -0.4 is 5.43 Å². The van der Waals surface area contributed by atoms with Crippen molar-refractivity contribution in [3.05, 3.63) is 0 Å². The lowest BCUT2D eigenvalue weighted by Gasteiger charge is -2.15. The van der Waals surface area contributed by atoms with Gasteiger partial charge in [0.2, 0.25) is 0 Å². The molecule has 0 aromatic rings. The molecule has 0 aromatic carbocycles. The SMILES string of the molecule is CC1CNN(C)C1C. The van der Waals surface area contributed by atoms with Crippen molar-refractivity contribution >= 4 is 0 Å². The lowest BCUT2D eigenvalue weighted by molar-refractivity contribution is 0.238. The molecule has 0 amide bonds. The maximum absolute atomic E-state index is 3.25. The van der Waals surface area contributed by atoms with Crippen LogP contribution in [0.5, 0.6) is 0 Å². The van der Waals surface area contributed by atoms with Gasteiger partial charge >= 0.3 is 0 Å². The molecular formula is C6H14N2. The maximum Gasteiger partial charge on any atom is 0.0250 e. The third kappa shape index (κ3) is 0.858. The van der Waals surface area contributed by atoms with Crippen LogP contribution >= 0.6 is 0 Å². The Morgan fingerprint density at radius 1 is 1.50 bits per heavy atom. The van der Waals surface area contributed by atoms with Gasteiger partial charge in [-0.25, -0.2) is 5.01 Å². The second-order valence-electron chi connectivity index (χ2n) is 2.69. The van der Waals surface area contributed by atoms with Gasteiger partial charge < -0.3 is 0 Å². The minimum Gasteiger partial charge on any atom is -0.255 e. The van der Waals surface area contributed by atoms with Crippen molar-refractivity contribution in [1.82, 2.24) is 10.4 Å². The van der Waals surface area contributed by atoms with E-state index in [1.165, 1.54) is 0 Å². The summed E-state index contributed by atoms with van der Waals surface area (Å²) in [6, 6.07) is 0.704. The Morgan fingerprint density at radius 3 is 2.25 bits per heavy atom. The van der Waals surface area contributed by atoms with Crippen molar-refractivity contribution in [3.8, 4) is 0 Å². The Kier molecular flexibility index (Phi) is 1.54. The van der Waals surface area contributed by atoms with Crippen molar-refractivity contribution in [1.29, 1.82) is 0 Å². The van der Waals surface area contributed by atoms with E-state index in [-0.39, 0.29) is 0 Å². The zero-order valence-corrected chi connectivity index (χ0v) is 5.81. The van der Waals surface area contributed by atoms with Gasteiger partial charge in [0.1, 0.15) is 0 Å². The number of hydrogen-bond donors (Lipinski definition) is 1. The molecule has 0 saturated carbocycles. The van der Waals surface area contributed by atoms with E-state index in [2.05, 4.69) is 31.3 Å². The van der Waals surface area contributed by atoms with Crippen molar-refractivity contribution in [2.75, 3.05) is 13.6 Å². The zero-order valence-electron chi connectivity index (χ0n) is 5.81. The highest BCUT2D eigenvalue weighted by molar-refractivity contribution is 4.75. The van der Waals surface area contributed by atoms with Crippen molar-refractivity contribution in [2.24, 2.45) is 5.92 Å². The minimum absolute atomic E-state index is 0.704. The molecule has 0 aromatic heterocycles. The van der Waals surface area contributed by atoms with Gasteiger partial charge in [-0.05, 0) is 12.8 Å². The van der Waals surface area contributed by atoms with Gasteiger partial charge in [0.25, 0.3) is 0 Å². The highest BCUT2D eigenvalue weighted by Gasteiger charge is 2.22. The molecule has 2 unspecified atom stereocenters. The summed E-state index contributed by atoms with van der Waals surface area (Å²) >= 11 is 0. The van der Waals surface area contributed by atoms with E-state index in [0.29, 0.717) is 6.04 Å². The van der Waals surface area contributed by atoms with Crippen LogP contribution in [-0.2, 0) is 0 Å². The third-order valence-electron chi connectivity index (χ3n) is 2.10. The number of nitrogens with zero attached hydrogens (tertiary/aromatic N) is 1. The monoisotopic (exact) mass is 114 g/mol. The Hall–Kier alpha value is -0.0800. The molecule has 2 heteroatoms. The van der Waals surface area contributed by atoms with Crippen LogP contribution in [0, 0.1) is 5.92 Å². The standard InChI is InChI=1S/C6H14N2/c1-5-4-7-8(3)6(5)2/h5-7H,4H2,1-3H3. The Labute approximate surface area is 50.8 Å². The second kappa shape index (κ2) is 2.03. The fourth-order valence-corrected chi connectivity index (χ4v) is 0.984. The van der Waals surface area contributed by atoms with Crippen molar-refractivity contribution in [3.63, 3.8) is 0 Å². The normalized spacial score (nSPS) is 40.9. The molecular weight excluding hydrogens is 100 g/mol. The molecule has 2 atom stereocenters. The average Bonchev–Trinajstić information content (AvgIpc) is 1.98. The van der Waals surface area contributed by atoms with Crippen LogP contribution in [0.15, 0.2) is 0 Å². The van der Waals surface area contributed by atoms with E-state index in [1.54, 1.807) is 0 Å². The molecule has 1 rings (SSSR count). The number of rotatable bonds is 0. The summed E-state index contributed by atoms with van der Waals surface area (Å²) in [5, 5.41) is 2.17. The van der Waals surface area contributed by atoms with Gasteiger partial charge in [-0.1, -0.05) is 6.92 Å². The molecule has 48 valence electrons. The lowest BCUT2D eigenvalue weighted by Crippen LogP contribution is -2.31. The van der Waals surface area contributed by atoms with Gasteiger partial charge in [-0.3, -0.25) is 5.43 Å². The zero-order chi connectivity index (χ0) is 6.15. The van der Waals surface area contributed by atoms with Crippen LogP contribution in [0.1, 0.15) is 13.8 Å². The fraction of sp³-hybridized carbons (Fsp3) is 1.00. The highest BCUT2D eigenvalue weighted by atomic mass is 15.5. The summed E-state index contributed by atoms with van der Waals surface area (Å²) in [5.74, 6) is 0.806. The summed E-state index contributed by atoms with van der Waals surface area (Å²) in [7, 11) is 2.09. The Morgan fingerprint density at radius 2 is 2.12 bits per heavy atom. The maximum atomic E-state index is 3.25.